The van der Waals surface area contributed by atoms with Crippen molar-refractivity contribution >= 4 is 18.5 Å². The van der Waals surface area contributed by atoms with Crippen LogP contribution in [0.5, 0.6) is 0 Å². The summed E-state index contributed by atoms with van der Waals surface area (Å²) in [5.41, 5.74) is 0. The third-order valence-electron chi connectivity index (χ3n) is 3.27. The third-order valence-corrected chi connectivity index (χ3v) is 3.59. The van der Waals surface area contributed by atoms with Crippen LogP contribution in [0.15, 0.2) is 0 Å². The number of rotatable bonds is 6. The minimum absolute atomic E-state index is 0.361. The van der Waals surface area contributed by atoms with E-state index in [0.717, 1.165) is 31.7 Å². The summed E-state index contributed by atoms with van der Waals surface area (Å²) >= 11 is 4.18. The van der Waals surface area contributed by atoms with Gasteiger partial charge in [-0.2, -0.15) is 12.6 Å². The number of carbonyl (C=O) groups is 1. The van der Waals surface area contributed by atoms with Crippen LogP contribution in [0.1, 0.15) is 39.5 Å². The SMILES string of the molecule is CC(C)C1CC(=O)N(CCCCCS)C1. The van der Waals surface area contributed by atoms with Gasteiger partial charge in [0.05, 0.1) is 0 Å². The van der Waals surface area contributed by atoms with E-state index in [1.54, 1.807) is 0 Å². The van der Waals surface area contributed by atoms with Crippen molar-refractivity contribution in [2.24, 2.45) is 11.8 Å². The summed E-state index contributed by atoms with van der Waals surface area (Å²) in [6.07, 6.45) is 4.26. The van der Waals surface area contributed by atoms with E-state index in [0.29, 0.717) is 17.7 Å². The second-order valence-corrected chi connectivity index (χ2v) is 5.28. The lowest BCUT2D eigenvalue weighted by molar-refractivity contribution is -0.127. The van der Waals surface area contributed by atoms with E-state index in [9.17, 15) is 4.79 Å². The lowest BCUT2D eigenvalue weighted by Gasteiger charge is -2.17. The zero-order chi connectivity index (χ0) is 11.3. The molecular formula is C12H23NOS. The molecule has 15 heavy (non-hydrogen) atoms. The van der Waals surface area contributed by atoms with Crippen molar-refractivity contribution in [2.75, 3.05) is 18.8 Å². The molecule has 1 aliphatic rings. The summed E-state index contributed by atoms with van der Waals surface area (Å²) < 4.78 is 0. The Bertz CT molecular complexity index is 206. The van der Waals surface area contributed by atoms with Crippen molar-refractivity contribution in [3.8, 4) is 0 Å². The predicted octanol–water partition coefficient (Wildman–Crippen LogP) is 2.59. The highest BCUT2D eigenvalue weighted by molar-refractivity contribution is 7.80. The molecule has 1 rings (SSSR count). The number of hydrogen-bond acceptors (Lipinski definition) is 2. The molecule has 1 fully saturated rings. The van der Waals surface area contributed by atoms with Gasteiger partial charge in [-0.3, -0.25) is 4.79 Å². The van der Waals surface area contributed by atoms with E-state index >= 15 is 0 Å². The van der Waals surface area contributed by atoms with Gasteiger partial charge in [-0.25, -0.2) is 0 Å². The van der Waals surface area contributed by atoms with Gasteiger partial charge in [-0.1, -0.05) is 20.3 Å². The van der Waals surface area contributed by atoms with Crippen molar-refractivity contribution in [3.05, 3.63) is 0 Å². The summed E-state index contributed by atoms with van der Waals surface area (Å²) in [4.78, 5) is 13.7. The van der Waals surface area contributed by atoms with E-state index in [2.05, 4.69) is 26.5 Å². The Morgan fingerprint density at radius 1 is 1.40 bits per heavy atom. The summed E-state index contributed by atoms with van der Waals surface area (Å²) in [7, 11) is 0. The maximum absolute atomic E-state index is 11.7. The standard InChI is InChI=1S/C12H23NOS/c1-10(2)11-8-12(14)13(9-11)6-4-3-5-7-15/h10-11,15H,3-9H2,1-2H3. The second-order valence-electron chi connectivity index (χ2n) is 4.83. The highest BCUT2D eigenvalue weighted by atomic mass is 32.1. The zero-order valence-electron chi connectivity index (χ0n) is 9.91. The molecule has 0 radical (unpaired) electrons. The van der Waals surface area contributed by atoms with Gasteiger partial charge in [-0.05, 0) is 30.4 Å². The molecule has 2 nitrogen and oxygen atoms in total. The highest BCUT2D eigenvalue weighted by Crippen LogP contribution is 2.24. The van der Waals surface area contributed by atoms with Crippen LogP contribution >= 0.6 is 12.6 Å². The van der Waals surface area contributed by atoms with Gasteiger partial charge in [0.1, 0.15) is 0 Å². The molecule has 3 heteroatoms. The first-order valence-electron chi connectivity index (χ1n) is 6.03. The molecule has 0 saturated carbocycles. The van der Waals surface area contributed by atoms with E-state index in [1.165, 1.54) is 12.8 Å². The molecule has 1 aliphatic heterocycles. The quantitative estimate of drug-likeness (QED) is 0.548. The van der Waals surface area contributed by atoms with Gasteiger partial charge in [-0.15, -0.1) is 0 Å². The maximum atomic E-state index is 11.7. The Hall–Kier alpha value is -0.180. The van der Waals surface area contributed by atoms with Crippen molar-refractivity contribution in [2.45, 2.75) is 39.5 Å². The lowest BCUT2D eigenvalue weighted by Crippen LogP contribution is -2.26. The van der Waals surface area contributed by atoms with Crippen LogP contribution < -0.4 is 0 Å². The van der Waals surface area contributed by atoms with Crippen LogP contribution in [-0.2, 0) is 4.79 Å². The van der Waals surface area contributed by atoms with E-state index in [-0.39, 0.29) is 0 Å². The van der Waals surface area contributed by atoms with Crippen LogP contribution in [0.25, 0.3) is 0 Å². The van der Waals surface area contributed by atoms with Gasteiger partial charge >= 0.3 is 0 Å². The molecule has 0 aromatic heterocycles. The first-order valence-corrected chi connectivity index (χ1v) is 6.67. The number of hydrogen-bond donors (Lipinski definition) is 1. The van der Waals surface area contributed by atoms with Gasteiger partial charge in [0.25, 0.3) is 0 Å². The Morgan fingerprint density at radius 2 is 2.13 bits per heavy atom. The molecule has 0 aliphatic carbocycles. The first kappa shape index (κ1) is 12.9. The van der Waals surface area contributed by atoms with E-state index in [1.807, 2.05) is 4.90 Å². The molecule has 0 aromatic rings. The van der Waals surface area contributed by atoms with Crippen molar-refractivity contribution < 1.29 is 4.79 Å². The summed E-state index contributed by atoms with van der Waals surface area (Å²) in [5.74, 6) is 2.54. The predicted molar refractivity (Wildman–Crippen MR) is 67.2 cm³/mol. The molecular weight excluding hydrogens is 206 g/mol. The van der Waals surface area contributed by atoms with E-state index in [4.69, 9.17) is 0 Å². The summed E-state index contributed by atoms with van der Waals surface area (Å²) in [5, 5.41) is 0. The fourth-order valence-electron chi connectivity index (χ4n) is 2.06. The molecule has 88 valence electrons. The Balaban J connectivity index is 2.22. The average molecular weight is 229 g/mol. The topological polar surface area (TPSA) is 20.3 Å². The number of unbranched alkanes of at least 4 members (excludes halogenated alkanes) is 2. The maximum Gasteiger partial charge on any atom is 0.222 e. The van der Waals surface area contributed by atoms with Crippen LogP contribution in [-0.4, -0.2) is 29.6 Å². The Labute approximate surface area is 98.8 Å². The van der Waals surface area contributed by atoms with Gasteiger partial charge in [0, 0.05) is 19.5 Å². The molecule has 0 aromatic carbocycles. The molecule has 1 amide bonds. The van der Waals surface area contributed by atoms with Crippen molar-refractivity contribution in [1.82, 2.24) is 4.90 Å². The monoisotopic (exact) mass is 229 g/mol. The third kappa shape index (κ3) is 4.06. The number of amides is 1. The van der Waals surface area contributed by atoms with Crippen molar-refractivity contribution in [1.29, 1.82) is 0 Å². The minimum Gasteiger partial charge on any atom is -0.342 e. The van der Waals surface area contributed by atoms with Gasteiger partial charge < -0.3 is 4.90 Å². The number of nitrogens with zero attached hydrogens (tertiary/aromatic N) is 1. The highest BCUT2D eigenvalue weighted by Gasteiger charge is 2.30. The Morgan fingerprint density at radius 3 is 2.67 bits per heavy atom. The molecule has 0 bridgehead atoms. The van der Waals surface area contributed by atoms with Crippen LogP contribution in [0, 0.1) is 11.8 Å². The molecule has 1 atom stereocenters. The number of likely N-dealkylation sites (tertiary alicyclic amines) is 1. The van der Waals surface area contributed by atoms with Crippen LogP contribution in [0.3, 0.4) is 0 Å². The second kappa shape index (κ2) is 6.41. The van der Waals surface area contributed by atoms with E-state index < -0.39 is 0 Å². The smallest absolute Gasteiger partial charge is 0.222 e. The van der Waals surface area contributed by atoms with Crippen LogP contribution in [0.2, 0.25) is 0 Å². The molecule has 0 N–H and O–H groups in total. The fraction of sp³-hybridized carbons (Fsp3) is 0.917. The number of thiol groups is 1. The lowest BCUT2D eigenvalue weighted by atomic mass is 9.95. The average Bonchev–Trinajstić information content (AvgIpc) is 2.55. The zero-order valence-corrected chi connectivity index (χ0v) is 10.8. The van der Waals surface area contributed by atoms with Crippen LogP contribution in [0.4, 0.5) is 0 Å². The summed E-state index contributed by atoms with van der Waals surface area (Å²) in [6.45, 7) is 6.36. The molecule has 1 unspecified atom stereocenters. The number of carbonyl (C=O) groups excluding carboxylic acids is 1. The molecule has 1 heterocycles. The van der Waals surface area contributed by atoms with Gasteiger partial charge in [0.2, 0.25) is 5.91 Å². The van der Waals surface area contributed by atoms with Crippen molar-refractivity contribution in [3.63, 3.8) is 0 Å². The fourth-order valence-corrected chi connectivity index (χ4v) is 2.28. The normalized spacial score (nSPS) is 21.7. The molecule has 0 spiro atoms. The Kier molecular flexibility index (Phi) is 5.51. The summed E-state index contributed by atoms with van der Waals surface area (Å²) in [6, 6.07) is 0. The first-order chi connectivity index (χ1) is 7.15. The molecule has 1 saturated heterocycles. The largest absolute Gasteiger partial charge is 0.342 e. The van der Waals surface area contributed by atoms with Gasteiger partial charge in [0.15, 0.2) is 0 Å². The minimum atomic E-state index is 0.361.